The van der Waals surface area contributed by atoms with Gasteiger partial charge >= 0.3 is 0 Å². The lowest BCUT2D eigenvalue weighted by atomic mass is 10.1. The summed E-state index contributed by atoms with van der Waals surface area (Å²) in [5.74, 6) is 0.727. The van der Waals surface area contributed by atoms with Crippen molar-refractivity contribution in [1.82, 2.24) is 20.1 Å². The number of carbonyl (C=O) groups excluding carboxylic acids is 2. The second kappa shape index (κ2) is 10.8. The number of hydrogen-bond acceptors (Lipinski definition) is 5. The first kappa shape index (κ1) is 25.7. The smallest absolute Gasteiger partial charge is 0.251 e. The van der Waals surface area contributed by atoms with Crippen LogP contribution in [0.4, 0.5) is 5.69 Å². The van der Waals surface area contributed by atoms with E-state index in [1.54, 1.807) is 0 Å². The largest absolute Gasteiger partial charge is 0.345 e. The minimum Gasteiger partial charge on any atom is -0.345 e. The third-order valence-electron chi connectivity index (χ3n) is 7.00. The lowest BCUT2D eigenvalue weighted by molar-refractivity contribution is -0.116. The van der Waals surface area contributed by atoms with E-state index in [-0.39, 0.29) is 24.1 Å². The zero-order valence-electron chi connectivity index (χ0n) is 22.1. The Labute approximate surface area is 227 Å². The van der Waals surface area contributed by atoms with Crippen LogP contribution in [0, 0.1) is 27.7 Å². The lowest BCUT2D eigenvalue weighted by Gasteiger charge is -2.17. The number of rotatable bonds is 7. The van der Waals surface area contributed by atoms with Crippen molar-refractivity contribution in [1.29, 1.82) is 0 Å². The van der Waals surface area contributed by atoms with Gasteiger partial charge in [-0.1, -0.05) is 48.2 Å². The number of amides is 2. The Kier molecular flexibility index (Phi) is 7.33. The number of hydrogen-bond donors (Lipinski definition) is 1. The van der Waals surface area contributed by atoms with Crippen molar-refractivity contribution in [2.24, 2.45) is 0 Å². The van der Waals surface area contributed by atoms with Crippen LogP contribution in [-0.4, -0.2) is 38.9 Å². The van der Waals surface area contributed by atoms with Crippen LogP contribution in [0.25, 0.3) is 5.69 Å². The molecule has 0 radical (unpaired) electrons. The Morgan fingerprint density at radius 2 is 1.68 bits per heavy atom. The van der Waals surface area contributed by atoms with Gasteiger partial charge in [0.05, 0.1) is 18.0 Å². The molecule has 0 unspecified atom stereocenters. The predicted molar refractivity (Wildman–Crippen MR) is 151 cm³/mol. The van der Waals surface area contributed by atoms with Crippen LogP contribution >= 0.6 is 11.8 Å². The fourth-order valence-electron chi connectivity index (χ4n) is 4.66. The number of carbonyl (C=O) groups is 2. The number of benzene rings is 3. The van der Waals surface area contributed by atoms with Crippen molar-refractivity contribution in [3.63, 3.8) is 0 Å². The molecule has 0 bridgehead atoms. The molecule has 0 saturated heterocycles. The highest BCUT2D eigenvalue weighted by Gasteiger charge is 2.25. The van der Waals surface area contributed by atoms with Crippen LogP contribution in [0.2, 0.25) is 0 Å². The molecule has 0 atom stereocenters. The summed E-state index contributed by atoms with van der Waals surface area (Å²) >= 11 is 1.37. The molecule has 1 aliphatic heterocycles. The molecule has 5 rings (SSSR count). The Bertz CT molecular complexity index is 1530. The van der Waals surface area contributed by atoms with Crippen molar-refractivity contribution in [3.05, 3.63) is 99.9 Å². The van der Waals surface area contributed by atoms with E-state index in [1.165, 1.54) is 17.3 Å². The second-order valence-electron chi connectivity index (χ2n) is 9.72. The number of aryl methyl sites for hydroxylation is 4. The van der Waals surface area contributed by atoms with Gasteiger partial charge in [0, 0.05) is 17.8 Å². The van der Waals surface area contributed by atoms with Gasteiger partial charge in [0.25, 0.3) is 5.91 Å². The maximum atomic E-state index is 13.2. The first-order valence-corrected chi connectivity index (χ1v) is 13.7. The predicted octanol–water partition coefficient (Wildman–Crippen LogP) is 5.11. The fourth-order valence-corrected chi connectivity index (χ4v) is 5.50. The first-order valence-electron chi connectivity index (χ1n) is 12.7. The van der Waals surface area contributed by atoms with Crippen molar-refractivity contribution < 1.29 is 9.59 Å². The molecule has 0 saturated carbocycles. The third-order valence-corrected chi connectivity index (χ3v) is 7.91. The average molecular weight is 526 g/mol. The van der Waals surface area contributed by atoms with E-state index in [1.807, 2.05) is 73.6 Å². The standard InChI is InChI=1S/C30H31N5O2S/c1-19-9-10-21(3)26(15-19)35-27(17-31-29(37)24-12-11-20(2)22(4)16-24)32-33-30(35)38-18-28(36)34-14-13-23-7-5-6-8-25(23)34/h5-12,15-16H,13-14,17-18H2,1-4H3,(H,31,37). The molecule has 0 spiro atoms. The van der Waals surface area contributed by atoms with Gasteiger partial charge in [0.1, 0.15) is 0 Å². The lowest BCUT2D eigenvalue weighted by Crippen LogP contribution is -2.30. The van der Waals surface area contributed by atoms with Crippen LogP contribution in [-0.2, 0) is 17.8 Å². The number of para-hydroxylation sites is 1. The molecular weight excluding hydrogens is 494 g/mol. The summed E-state index contributed by atoms with van der Waals surface area (Å²) in [6, 6.07) is 19.9. The first-order chi connectivity index (χ1) is 18.3. The van der Waals surface area contributed by atoms with Gasteiger partial charge < -0.3 is 10.2 Å². The Morgan fingerprint density at radius 1 is 0.895 bits per heavy atom. The van der Waals surface area contributed by atoms with Gasteiger partial charge in [-0.25, -0.2) is 0 Å². The van der Waals surface area contributed by atoms with Gasteiger partial charge in [-0.15, -0.1) is 10.2 Å². The minimum absolute atomic E-state index is 0.0417. The number of aromatic nitrogens is 3. The van der Waals surface area contributed by atoms with E-state index in [9.17, 15) is 9.59 Å². The highest BCUT2D eigenvalue weighted by Crippen LogP contribution is 2.30. The Hall–Kier alpha value is -3.91. The highest BCUT2D eigenvalue weighted by molar-refractivity contribution is 7.99. The molecule has 7 nitrogen and oxygen atoms in total. The number of thioether (sulfide) groups is 1. The summed E-state index contributed by atoms with van der Waals surface area (Å²) < 4.78 is 1.96. The average Bonchev–Trinajstić information content (AvgIpc) is 3.53. The number of nitrogens with zero attached hydrogens (tertiary/aromatic N) is 4. The van der Waals surface area contributed by atoms with Gasteiger partial charge in [-0.3, -0.25) is 14.2 Å². The van der Waals surface area contributed by atoms with Crippen molar-refractivity contribution >= 4 is 29.3 Å². The van der Waals surface area contributed by atoms with E-state index in [4.69, 9.17) is 0 Å². The van der Waals surface area contributed by atoms with Gasteiger partial charge in [0.2, 0.25) is 5.91 Å². The molecule has 1 aliphatic rings. The quantitative estimate of drug-likeness (QED) is 0.339. The molecule has 8 heteroatoms. The normalized spacial score (nSPS) is 12.5. The molecule has 38 heavy (non-hydrogen) atoms. The number of nitrogens with one attached hydrogen (secondary N) is 1. The number of fused-ring (bicyclic) bond motifs is 1. The van der Waals surface area contributed by atoms with E-state index in [0.717, 1.165) is 40.0 Å². The molecule has 4 aromatic rings. The Morgan fingerprint density at radius 3 is 2.50 bits per heavy atom. The zero-order valence-corrected chi connectivity index (χ0v) is 22.9. The molecule has 2 heterocycles. The molecule has 3 aromatic carbocycles. The van der Waals surface area contributed by atoms with Crippen LogP contribution in [0.3, 0.4) is 0 Å². The molecule has 2 amide bonds. The molecule has 1 N–H and O–H groups in total. The monoisotopic (exact) mass is 525 g/mol. The highest BCUT2D eigenvalue weighted by atomic mass is 32.2. The fraction of sp³-hybridized carbons (Fsp3) is 0.267. The van der Waals surface area contributed by atoms with Crippen LogP contribution in [0.1, 0.15) is 44.0 Å². The van der Waals surface area contributed by atoms with Gasteiger partial charge in [-0.2, -0.15) is 0 Å². The summed E-state index contributed by atoms with van der Waals surface area (Å²) in [4.78, 5) is 27.9. The molecule has 0 fully saturated rings. The molecule has 194 valence electrons. The van der Waals surface area contributed by atoms with E-state index in [0.29, 0.717) is 23.1 Å². The third kappa shape index (κ3) is 5.22. The topological polar surface area (TPSA) is 80.1 Å². The summed E-state index contributed by atoms with van der Waals surface area (Å²) in [5, 5.41) is 12.5. The van der Waals surface area contributed by atoms with Gasteiger partial charge in [-0.05, 0) is 86.2 Å². The zero-order chi connectivity index (χ0) is 26.8. The van der Waals surface area contributed by atoms with Crippen molar-refractivity contribution in [3.8, 4) is 5.69 Å². The minimum atomic E-state index is -0.166. The van der Waals surface area contributed by atoms with Crippen molar-refractivity contribution in [2.75, 3.05) is 17.2 Å². The van der Waals surface area contributed by atoms with Crippen LogP contribution in [0.15, 0.2) is 65.8 Å². The number of anilines is 1. The second-order valence-corrected chi connectivity index (χ2v) is 10.7. The van der Waals surface area contributed by atoms with Gasteiger partial charge in [0.15, 0.2) is 11.0 Å². The summed E-state index contributed by atoms with van der Waals surface area (Å²) in [7, 11) is 0. The van der Waals surface area contributed by atoms with E-state index < -0.39 is 0 Å². The SMILES string of the molecule is Cc1ccc(C)c(-n2c(CNC(=O)c3ccc(C)c(C)c3)nnc2SCC(=O)N2CCc3ccccc32)c1. The molecular formula is C30H31N5O2S. The van der Waals surface area contributed by atoms with Crippen LogP contribution in [0.5, 0.6) is 0 Å². The Balaban J connectivity index is 1.38. The van der Waals surface area contributed by atoms with E-state index in [2.05, 4.69) is 39.8 Å². The maximum absolute atomic E-state index is 13.2. The van der Waals surface area contributed by atoms with Crippen LogP contribution < -0.4 is 10.2 Å². The summed E-state index contributed by atoms with van der Waals surface area (Å²) in [5.41, 5.74) is 8.10. The molecule has 1 aromatic heterocycles. The van der Waals surface area contributed by atoms with E-state index >= 15 is 0 Å². The molecule has 0 aliphatic carbocycles. The maximum Gasteiger partial charge on any atom is 0.251 e. The summed E-state index contributed by atoms with van der Waals surface area (Å²) in [6.45, 7) is 8.99. The van der Waals surface area contributed by atoms with Crippen molar-refractivity contribution in [2.45, 2.75) is 45.8 Å². The summed E-state index contributed by atoms with van der Waals surface area (Å²) in [6.07, 6.45) is 0.871.